The molecule has 0 aliphatic carbocycles. The molecule has 6 nitrogen and oxygen atoms in total. The fourth-order valence-corrected chi connectivity index (χ4v) is 8.13. The molecule has 0 fully saturated rings. The first-order chi connectivity index (χ1) is 21.4. The maximum absolute atomic E-state index is 13.1. The van der Waals surface area contributed by atoms with Crippen molar-refractivity contribution in [2.45, 2.75) is 144 Å². The lowest BCUT2D eigenvalue weighted by Crippen LogP contribution is -2.49. The molecule has 0 radical (unpaired) electrons. The van der Waals surface area contributed by atoms with Gasteiger partial charge in [-0.15, -0.1) is 0 Å². The second-order valence-electron chi connectivity index (χ2n) is 13.0. The molecule has 1 aromatic rings. The average Bonchev–Trinajstić information content (AvgIpc) is 3.02. The Balaban J connectivity index is 1.98. The summed E-state index contributed by atoms with van der Waals surface area (Å²) < 4.78 is 1.14. The van der Waals surface area contributed by atoms with Crippen LogP contribution in [0.4, 0.5) is 11.4 Å². The van der Waals surface area contributed by atoms with Gasteiger partial charge in [-0.05, 0) is 70.5 Å². The van der Waals surface area contributed by atoms with Crippen LogP contribution in [-0.4, -0.2) is 67.2 Å². The molecule has 0 saturated carbocycles. The summed E-state index contributed by atoms with van der Waals surface area (Å²) >= 11 is 0. The van der Waals surface area contributed by atoms with Gasteiger partial charge in [0.2, 0.25) is 6.41 Å². The molecule has 1 aromatic carbocycles. The van der Waals surface area contributed by atoms with Gasteiger partial charge in [-0.3, -0.25) is 14.9 Å². The Hall–Kier alpha value is -1.78. The molecule has 250 valence electrons. The molecule has 2 rings (SSSR count). The number of nitrogens with zero attached hydrogens (tertiary/aromatic N) is 3. The van der Waals surface area contributed by atoms with Gasteiger partial charge in [-0.25, -0.2) is 4.99 Å². The number of aryl methyl sites for hydroxylation is 2. The molecule has 7 heteroatoms. The van der Waals surface area contributed by atoms with Crippen molar-refractivity contribution in [1.82, 2.24) is 5.32 Å². The van der Waals surface area contributed by atoms with E-state index in [1.165, 1.54) is 101 Å². The van der Waals surface area contributed by atoms with Crippen LogP contribution in [0.5, 0.6) is 0 Å². The summed E-state index contributed by atoms with van der Waals surface area (Å²) in [5.74, 6) is -0.438. The van der Waals surface area contributed by atoms with E-state index in [9.17, 15) is 9.59 Å². The Morgan fingerprint density at radius 1 is 0.818 bits per heavy atom. The van der Waals surface area contributed by atoms with Gasteiger partial charge in [0.1, 0.15) is 5.71 Å². The van der Waals surface area contributed by atoms with E-state index >= 15 is 0 Å². The number of aliphatic imine (C=N–C) groups is 1. The second kappa shape index (κ2) is 21.9. The number of unbranched alkanes of at least 4 members (excludes halogenated alkanes) is 13. The minimum atomic E-state index is -0.354. The molecular weight excluding hydrogens is 563 g/mol. The second-order valence-corrected chi connectivity index (χ2v) is 14.5. The van der Waals surface area contributed by atoms with Gasteiger partial charge in [0.25, 0.3) is 5.91 Å². The maximum Gasteiger partial charge on any atom is 0.274 e. The van der Waals surface area contributed by atoms with Gasteiger partial charge in [0.05, 0.1) is 43.3 Å². The highest BCUT2D eigenvalue weighted by atomic mass is 31.1. The number of imide groups is 1. The predicted octanol–water partition coefficient (Wildman–Crippen LogP) is 9.22. The van der Waals surface area contributed by atoms with Gasteiger partial charge in [0, 0.05) is 13.0 Å². The largest absolute Gasteiger partial charge is 0.357 e. The molecule has 0 aromatic heterocycles. The first-order valence-corrected chi connectivity index (χ1v) is 19.4. The molecule has 0 saturated heterocycles. The SMILES string of the molecule is CCCCCCCCCCCCCCCCN1c2cc(C)c(C)cc2N=C(C(=O)NC=O)C1PCCC[N+](CC)(CC)CC. The molecule has 1 heterocycles. The van der Waals surface area contributed by atoms with Crippen molar-refractivity contribution in [2.75, 3.05) is 43.8 Å². The standard InChI is InChI=1S/C37H65N4O2P/c1-7-11-12-13-14-15-16-17-18-19-20-21-22-23-25-40-34-29-32(6)31(5)28-33(34)39-35(36(43)38-30-42)37(40)44-27-24-26-41(8-2,9-3)10-4/h28-30,37,44H,7-27H2,1-6H3/p+1. The van der Waals surface area contributed by atoms with Gasteiger partial charge >= 0.3 is 0 Å². The van der Waals surface area contributed by atoms with Crippen LogP contribution in [0.15, 0.2) is 17.1 Å². The average molecular weight is 630 g/mol. The van der Waals surface area contributed by atoms with Crippen LogP contribution in [-0.2, 0) is 9.59 Å². The number of fused-ring (bicyclic) bond motifs is 1. The van der Waals surface area contributed by atoms with E-state index in [0.29, 0.717) is 20.7 Å². The predicted molar refractivity (Wildman–Crippen MR) is 193 cm³/mol. The van der Waals surface area contributed by atoms with Crippen molar-refractivity contribution in [1.29, 1.82) is 0 Å². The molecule has 1 N–H and O–H groups in total. The number of hydrogen-bond acceptors (Lipinski definition) is 4. The van der Waals surface area contributed by atoms with Crippen LogP contribution >= 0.6 is 8.58 Å². The third-order valence-electron chi connectivity index (χ3n) is 10.0. The summed E-state index contributed by atoms with van der Waals surface area (Å²) in [4.78, 5) is 31.8. The summed E-state index contributed by atoms with van der Waals surface area (Å²) in [5, 5.41) is 2.41. The van der Waals surface area contributed by atoms with E-state index in [4.69, 9.17) is 4.99 Å². The summed E-state index contributed by atoms with van der Waals surface area (Å²) in [6.45, 7) is 19.0. The zero-order valence-corrected chi connectivity index (χ0v) is 30.3. The Bertz CT molecular complexity index is 999. The number of nitrogens with one attached hydrogen (secondary N) is 1. The van der Waals surface area contributed by atoms with Crippen LogP contribution in [0.2, 0.25) is 0 Å². The van der Waals surface area contributed by atoms with E-state index in [-0.39, 0.29) is 11.7 Å². The lowest BCUT2D eigenvalue weighted by Gasteiger charge is -2.39. The highest BCUT2D eigenvalue weighted by molar-refractivity contribution is 7.41. The molecule has 0 bridgehead atoms. The molecule has 2 amide bonds. The number of amides is 2. The number of anilines is 1. The summed E-state index contributed by atoms with van der Waals surface area (Å²) in [6, 6.07) is 4.36. The molecular formula is C37H66N4O2P+. The molecule has 2 atom stereocenters. The third-order valence-corrected chi connectivity index (χ3v) is 11.7. The van der Waals surface area contributed by atoms with Crippen molar-refractivity contribution < 1.29 is 14.1 Å². The quantitative estimate of drug-likeness (QED) is 0.0508. The Kier molecular flexibility index (Phi) is 19.1. The lowest BCUT2D eigenvalue weighted by molar-refractivity contribution is -0.923. The van der Waals surface area contributed by atoms with Crippen molar-refractivity contribution in [3.05, 3.63) is 23.3 Å². The minimum Gasteiger partial charge on any atom is -0.357 e. The number of carbonyl (C=O) groups excluding carboxylic acids is 2. The molecule has 1 aliphatic rings. The first-order valence-electron chi connectivity index (χ1n) is 18.2. The van der Waals surface area contributed by atoms with Gasteiger partial charge in [-0.1, -0.05) is 99.0 Å². The van der Waals surface area contributed by atoms with Crippen LogP contribution < -0.4 is 10.2 Å². The topological polar surface area (TPSA) is 61.8 Å². The number of carbonyl (C=O) groups is 2. The van der Waals surface area contributed by atoms with E-state index < -0.39 is 0 Å². The van der Waals surface area contributed by atoms with Gasteiger partial charge in [-0.2, -0.15) is 0 Å². The Labute approximate surface area is 272 Å². The van der Waals surface area contributed by atoms with Gasteiger partial charge in [0.15, 0.2) is 0 Å². The number of hydrogen-bond donors (Lipinski definition) is 1. The highest BCUT2D eigenvalue weighted by Gasteiger charge is 2.34. The first kappa shape index (κ1) is 38.4. The normalized spacial score (nSPS) is 15.1. The van der Waals surface area contributed by atoms with Crippen molar-refractivity contribution >= 4 is 38.0 Å². The van der Waals surface area contributed by atoms with Crippen LogP contribution in [0.25, 0.3) is 0 Å². The molecule has 2 unspecified atom stereocenters. The van der Waals surface area contributed by atoms with E-state index in [1.54, 1.807) is 0 Å². The number of quaternary nitrogens is 1. The third kappa shape index (κ3) is 12.5. The minimum absolute atomic E-state index is 0.0849. The van der Waals surface area contributed by atoms with Gasteiger partial charge < -0.3 is 9.38 Å². The monoisotopic (exact) mass is 629 g/mol. The lowest BCUT2D eigenvalue weighted by atomic mass is 10.0. The summed E-state index contributed by atoms with van der Waals surface area (Å²) in [6.07, 6.45) is 21.5. The zero-order valence-electron chi connectivity index (χ0n) is 29.3. The number of rotatable bonds is 25. The van der Waals surface area contributed by atoms with E-state index in [0.717, 1.165) is 61.0 Å². The fourth-order valence-electron chi connectivity index (χ4n) is 6.62. The smallest absolute Gasteiger partial charge is 0.274 e. The summed E-state index contributed by atoms with van der Waals surface area (Å²) in [5.41, 5.74) is 4.92. The maximum atomic E-state index is 13.1. The fraction of sp³-hybridized carbons (Fsp3) is 0.757. The van der Waals surface area contributed by atoms with Crippen LogP contribution in [0, 0.1) is 13.8 Å². The number of benzene rings is 1. The molecule has 44 heavy (non-hydrogen) atoms. The van der Waals surface area contributed by atoms with Crippen molar-refractivity contribution in [3.8, 4) is 0 Å². The molecule has 0 spiro atoms. The Morgan fingerprint density at radius 2 is 1.34 bits per heavy atom. The Morgan fingerprint density at radius 3 is 1.86 bits per heavy atom. The van der Waals surface area contributed by atoms with Crippen LogP contribution in [0.3, 0.4) is 0 Å². The van der Waals surface area contributed by atoms with Crippen molar-refractivity contribution in [2.24, 2.45) is 4.99 Å². The van der Waals surface area contributed by atoms with E-state index in [2.05, 4.69) is 63.9 Å². The van der Waals surface area contributed by atoms with Crippen LogP contribution in [0.1, 0.15) is 135 Å². The highest BCUT2D eigenvalue weighted by Crippen LogP contribution is 2.42. The zero-order chi connectivity index (χ0) is 32.2. The van der Waals surface area contributed by atoms with Crippen molar-refractivity contribution in [3.63, 3.8) is 0 Å². The summed E-state index contributed by atoms with van der Waals surface area (Å²) in [7, 11) is 0.555. The molecule has 1 aliphatic heterocycles. The van der Waals surface area contributed by atoms with E-state index in [1.807, 2.05) is 0 Å².